The summed E-state index contributed by atoms with van der Waals surface area (Å²) < 4.78 is 23.5. The van der Waals surface area contributed by atoms with Gasteiger partial charge in [0.05, 0.1) is 18.1 Å². The number of allylic oxidation sites excluding steroid dienone is 1. The number of aromatic nitrogens is 1. The highest BCUT2D eigenvalue weighted by molar-refractivity contribution is 6.01. The van der Waals surface area contributed by atoms with Gasteiger partial charge in [-0.1, -0.05) is 41.5 Å². The van der Waals surface area contributed by atoms with E-state index in [0.717, 1.165) is 11.1 Å². The molecule has 52 heavy (non-hydrogen) atoms. The second-order valence-corrected chi connectivity index (χ2v) is 12.6. The lowest BCUT2D eigenvalue weighted by Crippen LogP contribution is -2.61. The molecule has 0 unspecified atom stereocenters. The first-order valence-corrected chi connectivity index (χ1v) is 16.6. The molecule has 3 aliphatic heterocycles. The van der Waals surface area contributed by atoms with Crippen molar-refractivity contribution in [2.24, 2.45) is 11.0 Å². The monoisotopic (exact) mass is 699 g/mol. The molecule has 3 aromatic rings. The smallest absolute Gasteiger partial charge is 0.355 e. The predicted molar refractivity (Wildman–Crippen MR) is 190 cm³/mol. The van der Waals surface area contributed by atoms with Crippen LogP contribution in [-0.2, 0) is 27.5 Å². The number of fused-ring (bicyclic) bond motifs is 3. The van der Waals surface area contributed by atoms with Crippen LogP contribution in [0.4, 0.5) is 5.69 Å². The van der Waals surface area contributed by atoms with Crippen molar-refractivity contribution in [3.05, 3.63) is 140 Å². The summed E-state index contributed by atoms with van der Waals surface area (Å²) >= 11 is 0. The number of hydrogen-bond donors (Lipinski definition) is 1. The number of β-lactam (4-membered cyclic amide) rings is 1. The number of aliphatic hydroxyl groups is 1. The largest absolute Gasteiger partial charge is 0.489 e. The van der Waals surface area contributed by atoms with Crippen LogP contribution in [0.25, 0.3) is 33.0 Å². The van der Waals surface area contributed by atoms with Gasteiger partial charge in [0.1, 0.15) is 48.2 Å². The maximum absolute atomic E-state index is 13.3. The third kappa shape index (κ3) is 6.95. The third-order valence-electron chi connectivity index (χ3n) is 9.04. The normalized spacial score (nSPS) is 17.2. The third-order valence-corrected chi connectivity index (χ3v) is 9.04. The van der Waals surface area contributed by atoms with Gasteiger partial charge in [-0.05, 0) is 90.5 Å². The number of amides is 1. The number of esters is 1. The summed E-state index contributed by atoms with van der Waals surface area (Å²) in [7, 11) is 0. The van der Waals surface area contributed by atoms with Crippen molar-refractivity contribution in [2.45, 2.75) is 45.6 Å². The van der Waals surface area contributed by atoms with Crippen LogP contribution in [-0.4, -0.2) is 45.6 Å². The summed E-state index contributed by atoms with van der Waals surface area (Å²) in [4.78, 5) is 46.7. The first-order valence-electron chi connectivity index (χ1n) is 16.6. The minimum Gasteiger partial charge on any atom is -0.489 e. The zero-order chi connectivity index (χ0) is 36.4. The highest BCUT2D eigenvalue weighted by Crippen LogP contribution is 2.44. The van der Waals surface area contributed by atoms with Crippen molar-refractivity contribution in [1.29, 1.82) is 0 Å². The maximum atomic E-state index is 13.3. The molecule has 13 nitrogen and oxygen atoms in total. The quantitative estimate of drug-likeness (QED) is 0.0372. The predicted octanol–water partition coefficient (Wildman–Crippen LogP) is 6.67. The molecule has 4 aliphatic rings. The molecule has 7 rings (SSSR count). The van der Waals surface area contributed by atoms with E-state index in [4.69, 9.17) is 24.2 Å². The van der Waals surface area contributed by atoms with Crippen LogP contribution < -0.4 is 14.9 Å². The topological polar surface area (TPSA) is 177 Å². The van der Waals surface area contributed by atoms with Crippen LogP contribution in [0.2, 0.25) is 0 Å². The molecule has 1 fully saturated rings. The van der Waals surface area contributed by atoms with E-state index < -0.39 is 18.0 Å². The van der Waals surface area contributed by atoms with E-state index in [1.807, 2.05) is 37.3 Å². The van der Waals surface area contributed by atoms with E-state index in [2.05, 4.69) is 15.0 Å². The summed E-state index contributed by atoms with van der Waals surface area (Å²) in [5.74, 6) is 0.128. The molecule has 13 heteroatoms. The average Bonchev–Trinajstić information content (AvgIpc) is 3.45. The first-order chi connectivity index (χ1) is 25.2. The van der Waals surface area contributed by atoms with E-state index in [1.165, 1.54) is 17.0 Å². The van der Waals surface area contributed by atoms with Gasteiger partial charge >= 0.3 is 5.97 Å². The number of carbonyl (C=O) groups is 2. The van der Waals surface area contributed by atoms with Gasteiger partial charge in [0.25, 0.3) is 0 Å². The van der Waals surface area contributed by atoms with Gasteiger partial charge in [-0.25, -0.2) is 9.78 Å². The number of aliphatic hydroxyl groups excluding tert-OH is 1. The summed E-state index contributed by atoms with van der Waals surface area (Å²) in [6.45, 7) is 3.97. The molecule has 1 aliphatic carbocycles. The lowest BCUT2D eigenvalue weighted by molar-refractivity contribution is -0.162. The number of nitrogens with zero attached hydrogens (tertiary/aromatic N) is 5. The van der Waals surface area contributed by atoms with Gasteiger partial charge in [-0.3, -0.25) is 9.59 Å². The second-order valence-electron chi connectivity index (χ2n) is 12.6. The fourth-order valence-corrected chi connectivity index (χ4v) is 6.50. The van der Waals surface area contributed by atoms with Crippen LogP contribution in [0.1, 0.15) is 30.0 Å². The molecule has 3 atom stereocenters. The molecule has 3 heterocycles. The summed E-state index contributed by atoms with van der Waals surface area (Å²) in [5, 5.41) is 13.7. The molecule has 0 saturated carbocycles. The Labute approximate surface area is 297 Å². The standard InChI is InChI=1S/C39H33N5O8/c1-22-16-25(21-50-29-11-13-31-35(19-29)52-34-18-28(46)10-12-30(34)41-31)7-14-33(22)49-15-3-4-26-17-32-36(23(2)45)38(47)44(32)37(26)39(48)51-20-24-5-8-27(9-6-24)42-43-40/h3-14,16,18-19,23,32,36,45H,15,17,20-21H2,1-2H3/b4-3+/t23-,32-,36-/m1/s1. The zero-order valence-electron chi connectivity index (χ0n) is 28.3. The Morgan fingerprint density at radius 3 is 2.63 bits per heavy atom. The van der Waals surface area contributed by atoms with Crippen LogP contribution in [0, 0.1) is 12.8 Å². The van der Waals surface area contributed by atoms with Crippen molar-refractivity contribution >= 4 is 28.7 Å². The molecular weight excluding hydrogens is 666 g/mol. The molecule has 3 aromatic carbocycles. The molecule has 1 amide bonds. The van der Waals surface area contributed by atoms with Crippen LogP contribution >= 0.6 is 0 Å². The molecular formula is C39H33N5O8. The Morgan fingerprint density at radius 2 is 1.87 bits per heavy atom. The fourth-order valence-electron chi connectivity index (χ4n) is 6.50. The summed E-state index contributed by atoms with van der Waals surface area (Å²) in [5.41, 5.74) is 14.0. The number of benzene rings is 4. The van der Waals surface area contributed by atoms with E-state index in [0.29, 0.717) is 63.9 Å². The van der Waals surface area contributed by atoms with Gasteiger partial charge in [0.15, 0.2) is 16.8 Å². The van der Waals surface area contributed by atoms with Crippen LogP contribution in [0.15, 0.2) is 117 Å². The molecule has 262 valence electrons. The lowest BCUT2D eigenvalue weighted by Gasteiger charge is -2.44. The lowest BCUT2D eigenvalue weighted by atomic mass is 9.83. The van der Waals surface area contributed by atoms with Crippen LogP contribution in [0.5, 0.6) is 11.5 Å². The van der Waals surface area contributed by atoms with E-state index in [-0.39, 0.29) is 36.3 Å². The second kappa shape index (κ2) is 14.4. The minimum absolute atomic E-state index is 0.0387. The van der Waals surface area contributed by atoms with Crippen molar-refractivity contribution in [1.82, 2.24) is 9.88 Å². The van der Waals surface area contributed by atoms with Crippen LogP contribution in [0.3, 0.4) is 0 Å². The number of carbonyl (C=O) groups excluding carboxylic acids is 2. The van der Waals surface area contributed by atoms with E-state index in [1.54, 1.807) is 55.5 Å². The van der Waals surface area contributed by atoms with Gasteiger partial charge in [-0.2, -0.15) is 0 Å². The highest BCUT2D eigenvalue weighted by Gasteiger charge is 2.56. The SMILES string of the molecule is Cc1cc(COc2ccc3nc4ccc(=O)cc-4oc3c2)ccc1OC/C=C/C1=C(C(=O)OCc2ccc(N=[N+]=[N-])cc2)N2C(=O)[C@H]([C@@H](C)O)[C@H]2C1. The molecule has 1 saturated heterocycles. The summed E-state index contributed by atoms with van der Waals surface area (Å²) in [6.07, 6.45) is 3.10. The Balaban J connectivity index is 0.981. The van der Waals surface area contributed by atoms with Crippen molar-refractivity contribution in [3.63, 3.8) is 0 Å². The maximum Gasteiger partial charge on any atom is 0.355 e. The van der Waals surface area contributed by atoms with Crippen molar-refractivity contribution < 1.29 is 33.3 Å². The fraction of sp³-hybridized carbons (Fsp3) is 0.231. The Morgan fingerprint density at radius 1 is 1.06 bits per heavy atom. The average molecular weight is 700 g/mol. The van der Waals surface area contributed by atoms with Crippen molar-refractivity contribution in [3.8, 4) is 23.0 Å². The van der Waals surface area contributed by atoms with E-state index in [9.17, 15) is 19.5 Å². The highest BCUT2D eigenvalue weighted by atomic mass is 16.5. The zero-order valence-corrected chi connectivity index (χ0v) is 28.3. The number of aryl methyl sites for hydroxylation is 1. The van der Waals surface area contributed by atoms with E-state index >= 15 is 0 Å². The van der Waals surface area contributed by atoms with Gasteiger partial charge in [-0.15, -0.1) is 0 Å². The Kier molecular flexibility index (Phi) is 9.45. The Bertz CT molecular complexity index is 2320. The number of hydrogen-bond acceptors (Lipinski definition) is 10. The van der Waals surface area contributed by atoms with Crippen molar-refractivity contribution in [2.75, 3.05) is 6.61 Å². The van der Waals surface area contributed by atoms with Gasteiger partial charge < -0.3 is 28.6 Å². The molecule has 0 radical (unpaired) electrons. The molecule has 0 bridgehead atoms. The first kappa shape index (κ1) is 34.0. The Hall–Kier alpha value is -6.43. The summed E-state index contributed by atoms with van der Waals surface area (Å²) in [6, 6.07) is 21.9. The number of rotatable bonds is 12. The molecule has 0 spiro atoms. The van der Waals surface area contributed by atoms with Gasteiger partial charge in [0.2, 0.25) is 5.91 Å². The molecule has 1 N–H and O–H groups in total. The number of azide groups is 1. The molecule has 0 aromatic heterocycles. The minimum atomic E-state index is -0.848. The number of ether oxygens (including phenoxy) is 3. The van der Waals surface area contributed by atoms with Gasteiger partial charge in [0, 0.05) is 22.7 Å².